The highest BCUT2D eigenvalue weighted by molar-refractivity contribution is 5.93. The van der Waals surface area contributed by atoms with E-state index in [1.54, 1.807) is 23.3 Å². The van der Waals surface area contributed by atoms with Crippen LogP contribution in [-0.2, 0) is 4.79 Å². The molecule has 0 bridgehead atoms. The molecule has 1 N–H and O–H groups in total. The Hall–Kier alpha value is -1.55. The number of hydrogen-bond acceptors (Lipinski definition) is 3. The number of amides is 1. The van der Waals surface area contributed by atoms with Crippen molar-refractivity contribution < 1.29 is 10.0 Å². The van der Waals surface area contributed by atoms with E-state index < -0.39 is 0 Å². The van der Waals surface area contributed by atoms with Gasteiger partial charge in [-0.15, -0.1) is 0 Å². The maximum Gasteiger partial charge on any atom is 0.251 e. The number of nitrogens with zero attached hydrogens (tertiary/aromatic N) is 2. The first-order valence-corrected chi connectivity index (χ1v) is 5.65. The van der Waals surface area contributed by atoms with Crippen molar-refractivity contribution in [1.82, 2.24) is 9.96 Å². The fourth-order valence-corrected chi connectivity index (χ4v) is 2.59. The normalized spacial score (nSPS) is 28.3. The lowest BCUT2D eigenvalue weighted by atomic mass is 9.92. The van der Waals surface area contributed by atoms with Crippen molar-refractivity contribution in [3.8, 4) is 0 Å². The van der Waals surface area contributed by atoms with E-state index in [0.717, 1.165) is 30.7 Å². The quantitative estimate of drug-likeness (QED) is 0.672. The summed E-state index contributed by atoms with van der Waals surface area (Å²) in [5.74, 6) is 0.280. The summed E-state index contributed by atoms with van der Waals surface area (Å²) in [5, 5.41) is 11.1. The van der Waals surface area contributed by atoms with E-state index in [-0.39, 0.29) is 11.8 Å². The Balaban J connectivity index is 1.99. The fourth-order valence-electron chi connectivity index (χ4n) is 2.59. The number of carbonyl (C=O) groups is 1. The molecule has 0 aromatic rings. The van der Waals surface area contributed by atoms with Gasteiger partial charge in [0.25, 0.3) is 5.91 Å². The predicted octanol–water partition coefficient (Wildman–Crippen LogP) is 1.61. The zero-order chi connectivity index (χ0) is 11.1. The van der Waals surface area contributed by atoms with E-state index in [2.05, 4.69) is 6.08 Å². The number of hydroxylamine groups is 2. The molecule has 84 valence electrons. The van der Waals surface area contributed by atoms with Crippen LogP contribution in [0.3, 0.4) is 0 Å². The summed E-state index contributed by atoms with van der Waals surface area (Å²) in [6, 6.07) is 0. The number of hydrogen-bond donors (Lipinski definition) is 1. The molecule has 0 aromatic heterocycles. The molecule has 0 saturated heterocycles. The first-order valence-electron chi connectivity index (χ1n) is 5.65. The molecule has 1 atom stereocenters. The summed E-state index contributed by atoms with van der Waals surface area (Å²) in [6.07, 6.45) is 10.2. The summed E-state index contributed by atoms with van der Waals surface area (Å²) in [5.41, 5.74) is 1.72. The van der Waals surface area contributed by atoms with Crippen LogP contribution in [0.4, 0.5) is 0 Å². The highest BCUT2D eigenvalue weighted by Crippen LogP contribution is 2.33. The third-order valence-corrected chi connectivity index (χ3v) is 3.42. The van der Waals surface area contributed by atoms with Crippen LogP contribution >= 0.6 is 0 Å². The molecule has 0 spiro atoms. The molecule has 3 aliphatic rings. The number of carbonyl (C=O) groups excluding carboxylic acids is 1. The Morgan fingerprint density at radius 3 is 3.12 bits per heavy atom. The lowest BCUT2D eigenvalue weighted by Gasteiger charge is -2.27. The Labute approximate surface area is 94.1 Å². The molecule has 0 fully saturated rings. The maximum absolute atomic E-state index is 11.6. The molecule has 1 amide bonds. The zero-order valence-electron chi connectivity index (χ0n) is 8.97. The lowest BCUT2D eigenvalue weighted by molar-refractivity contribution is -0.123. The maximum atomic E-state index is 11.6. The van der Waals surface area contributed by atoms with Crippen LogP contribution in [0.1, 0.15) is 19.3 Å². The van der Waals surface area contributed by atoms with Crippen molar-refractivity contribution in [2.45, 2.75) is 19.3 Å². The Kier molecular flexibility index (Phi) is 2.11. The predicted molar refractivity (Wildman–Crippen MR) is 58.0 cm³/mol. The minimum atomic E-state index is 0.0199. The zero-order valence-corrected chi connectivity index (χ0v) is 8.97. The monoisotopic (exact) mass is 218 g/mol. The molecule has 1 aliphatic carbocycles. The van der Waals surface area contributed by atoms with Crippen LogP contribution in [0.5, 0.6) is 0 Å². The Bertz CT molecular complexity index is 423. The number of fused-ring (bicyclic) bond motifs is 2. The molecule has 4 heteroatoms. The topological polar surface area (TPSA) is 43.8 Å². The van der Waals surface area contributed by atoms with Gasteiger partial charge in [-0.2, -0.15) is 0 Å². The first kappa shape index (κ1) is 9.66. The van der Waals surface area contributed by atoms with Gasteiger partial charge in [0.15, 0.2) is 0 Å². The minimum Gasteiger partial charge on any atom is -0.307 e. The van der Waals surface area contributed by atoms with Crippen molar-refractivity contribution in [2.75, 3.05) is 6.54 Å². The van der Waals surface area contributed by atoms with Crippen LogP contribution in [0.25, 0.3) is 0 Å². The average Bonchev–Trinajstić information content (AvgIpc) is 2.56. The molecule has 16 heavy (non-hydrogen) atoms. The van der Waals surface area contributed by atoms with E-state index in [4.69, 9.17) is 0 Å². The van der Waals surface area contributed by atoms with Crippen LogP contribution in [0, 0.1) is 5.92 Å². The summed E-state index contributed by atoms with van der Waals surface area (Å²) in [6.45, 7) is 0.681. The molecule has 4 nitrogen and oxygen atoms in total. The van der Waals surface area contributed by atoms with Crippen molar-refractivity contribution >= 4 is 5.91 Å². The van der Waals surface area contributed by atoms with E-state index in [1.165, 1.54) is 5.06 Å². The summed E-state index contributed by atoms with van der Waals surface area (Å²) >= 11 is 0. The smallest absolute Gasteiger partial charge is 0.251 e. The second-order valence-corrected chi connectivity index (χ2v) is 4.44. The number of allylic oxidation sites excluding steroid dienone is 2. The summed E-state index contributed by atoms with van der Waals surface area (Å²) in [7, 11) is 0. The van der Waals surface area contributed by atoms with E-state index >= 15 is 0 Å². The first-order chi connectivity index (χ1) is 7.75. The van der Waals surface area contributed by atoms with Crippen LogP contribution in [-0.4, -0.2) is 27.6 Å². The van der Waals surface area contributed by atoms with Crippen LogP contribution in [0.15, 0.2) is 35.8 Å². The molecule has 0 aromatic carbocycles. The second-order valence-electron chi connectivity index (χ2n) is 4.44. The third-order valence-electron chi connectivity index (χ3n) is 3.42. The van der Waals surface area contributed by atoms with Crippen molar-refractivity contribution in [3.05, 3.63) is 35.8 Å². The van der Waals surface area contributed by atoms with Crippen LogP contribution < -0.4 is 0 Å². The standard InChI is InChI=1S/C12H14N2O2/c15-12-6-5-10-8-14(16)11-4-2-1-3-9(11)7-13(10)12/h4-6,8-9,16H,1-3,7H2. The van der Waals surface area contributed by atoms with E-state index in [0.29, 0.717) is 6.54 Å². The molecule has 0 saturated carbocycles. The fraction of sp³-hybridized carbons (Fsp3) is 0.417. The molecule has 1 unspecified atom stereocenters. The minimum absolute atomic E-state index is 0.0199. The van der Waals surface area contributed by atoms with Gasteiger partial charge in [-0.3, -0.25) is 10.0 Å². The van der Waals surface area contributed by atoms with Gasteiger partial charge >= 0.3 is 0 Å². The Morgan fingerprint density at radius 1 is 1.38 bits per heavy atom. The molecule has 2 aliphatic heterocycles. The second kappa shape index (κ2) is 3.49. The highest BCUT2D eigenvalue weighted by atomic mass is 16.5. The largest absolute Gasteiger partial charge is 0.307 e. The van der Waals surface area contributed by atoms with Gasteiger partial charge in [0.2, 0.25) is 0 Å². The summed E-state index contributed by atoms with van der Waals surface area (Å²) < 4.78 is 0. The van der Waals surface area contributed by atoms with Crippen molar-refractivity contribution in [2.24, 2.45) is 5.92 Å². The highest BCUT2D eigenvalue weighted by Gasteiger charge is 2.32. The third kappa shape index (κ3) is 1.38. The van der Waals surface area contributed by atoms with Gasteiger partial charge in [-0.05, 0) is 25.3 Å². The average molecular weight is 218 g/mol. The molecule has 2 heterocycles. The van der Waals surface area contributed by atoms with Crippen LogP contribution in [0.2, 0.25) is 0 Å². The van der Waals surface area contributed by atoms with Gasteiger partial charge < -0.3 is 4.90 Å². The summed E-state index contributed by atoms with van der Waals surface area (Å²) in [4.78, 5) is 13.4. The van der Waals surface area contributed by atoms with Gasteiger partial charge in [0.05, 0.1) is 11.9 Å². The van der Waals surface area contributed by atoms with Gasteiger partial charge in [0.1, 0.15) is 0 Å². The van der Waals surface area contributed by atoms with E-state index in [1.807, 2.05) is 0 Å². The SMILES string of the molecule is O=C1C=CC2=CN(O)C3=CCCCC3CN12. The molecular weight excluding hydrogens is 204 g/mol. The van der Waals surface area contributed by atoms with Gasteiger partial charge in [-0.1, -0.05) is 6.08 Å². The van der Waals surface area contributed by atoms with Crippen molar-refractivity contribution in [1.29, 1.82) is 0 Å². The van der Waals surface area contributed by atoms with Crippen molar-refractivity contribution in [3.63, 3.8) is 0 Å². The van der Waals surface area contributed by atoms with Gasteiger partial charge in [0, 0.05) is 24.2 Å². The van der Waals surface area contributed by atoms with E-state index in [9.17, 15) is 10.0 Å². The molecule has 0 radical (unpaired) electrons. The number of rotatable bonds is 0. The molecule has 3 rings (SSSR count). The lowest BCUT2D eigenvalue weighted by Crippen LogP contribution is -2.31. The Morgan fingerprint density at radius 2 is 2.25 bits per heavy atom. The van der Waals surface area contributed by atoms with Gasteiger partial charge in [-0.25, -0.2) is 5.06 Å². The molecular formula is C12H14N2O2.